The molecule has 1 N–H and O–H groups in total. The third-order valence-corrected chi connectivity index (χ3v) is 5.58. The van der Waals surface area contributed by atoms with Crippen molar-refractivity contribution < 1.29 is 0 Å². The summed E-state index contributed by atoms with van der Waals surface area (Å²) >= 11 is 3.45. The zero-order valence-corrected chi connectivity index (χ0v) is 14.3. The summed E-state index contributed by atoms with van der Waals surface area (Å²) in [6, 6.07) is 0.171. The maximum Gasteiger partial charge on any atom is 0.265 e. The number of nitrogens with zero attached hydrogens (tertiary/aromatic N) is 3. The minimum atomic E-state index is -0.0384. The fourth-order valence-corrected chi connectivity index (χ4v) is 3.94. The van der Waals surface area contributed by atoms with Crippen molar-refractivity contribution in [3.8, 4) is 0 Å². The lowest BCUT2D eigenvalue weighted by atomic mass is 10.0. The topological polar surface area (TPSA) is 52.2 Å². The molecule has 1 aliphatic carbocycles. The summed E-state index contributed by atoms with van der Waals surface area (Å²) in [7, 11) is 4.23. The summed E-state index contributed by atoms with van der Waals surface area (Å²) in [6.45, 7) is 2.97. The smallest absolute Gasteiger partial charge is 0.265 e. The average Bonchev–Trinajstić information content (AvgIpc) is 2.98. The van der Waals surface area contributed by atoms with Crippen LogP contribution in [0, 0.1) is 0 Å². The van der Waals surface area contributed by atoms with E-state index in [4.69, 9.17) is 4.98 Å². The van der Waals surface area contributed by atoms with Crippen LogP contribution in [0.15, 0.2) is 9.27 Å². The van der Waals surface area contributed by atoms with Gasteiger partial charge >= 0.3 is 0 Å². The van der Waals surface area contributed by atoms with Crippen LogP contribution in [0.2, 0.25) is 0 Å². The maximum absolute atomic E-state index is 12.3. The van der Waals surface area contributed by atoms with Gasteiger partial charge < -0.3 is 9.88 Å². The van der Waals surface area contributed by atoms with Crippen molar-refractivity contribution in [2.24, 2.45) is 0 Å². The number of aromatic nitrogens is 2. The molecule has 1 saturated carbocycles. The highest BCUT2D eigenvalue weighted by Crippen LogP contribution is 2.36. The van der Waals surface area contributed by atoms with Gasteiger partial charge in [0, 0.05) is 25.6 Å². The molecule has 5 nitrogen and oxygen atoms in total. The molecule has 2 heterocycles. The van der Waals surface area contributed by atoms with E-state index >= 15 is 0 Å². The minimum Gasteiger partial charge on any atom is -0.308 e. The van der Waals surface area contributed by atoms with Gasteiger partial charge in [0.05, 0.1) is 11.7 Å². The molecule has 1 saturated heterocycles. The predicted octanol–water partition coefficient (Wildman–Crippen LogP) is 2.11. The Balaban J connectivity index is 1.97. The van der Waals surface area contributed by atoms with E-state index in [1.54, 1.807) is 0 Å². The number of hydrogen-bond donors (Lipinski definition) is 1. The van der Waals surface area contributed by atoms with Gasteiger partial charge in [0.15, 0.2) is 0 Å². The molecular weight excluding hydrogens is 332 g/mol. The van der Waals surface area contributed by atoms with Gasteiger partial charge in [-0.3, -0.25) is 9.69 Å². The number of hydrogen-bond acceptors (Lipinski definition) is 4. The number of piperazine rings is 1. The molecule has 6 heteroatoms. The van der Waals surface area contributed by atoms with E-state index < -0.39 is 0 Å². The molecule has 2 aliphatic rings. The lowest BCUT2D eigenvalue weighted by molar-refractivity contribution is 0.109. The molecule has 0 amide bonds. The highest BCUT2D eigenvalue weighted by Gasteiger charge is 2.29. The van der Waals surface area contributed by atoms with Gasteiger partial charge in [-0.1, -0.05) is 12.8 Å². The average molecular weight is 355 g/mol. The van der Waals surface area contributed by atoms with Crippen LogP contribution in [0.25, 0.3) is 0 Å². The highest BCUT2D eigenvalue weighted by atomic mass is 79.9. The summed E-state index contributed by atoms with van der Waals surface area (Å²) in [4.78, 5) is 24.7. The van der Waals surface area contributed by atoms with E-state index in [2.05, 4.69) is 44.8 Å². The molecule has 1 aliphatic heterocycles. The fraction of sp³-hybridized carbons (Fsp3) is 0.733. The van der Waals surface area contributed by atoms with Crippen molar-refractivity contribution in [1.82, 2.24) is 19.8 Å². The molecule has 21 heavy (non-hydrogen) atoms. The standard InChI is InChI=1S/C15H23BrN4O/c1-19-7-8-20(2)11(9-19)14-17-13(10-5-3-4-6-10)12(16)15(21)18-14/h10-11H,3-9H2,1-2H3,(H,17,18,21). The van der Waals surface area contributed by atoms with Gasteiger partial charge in [0.1, 0.15) is 10.3 Å². The van der Waals surface area contributed by atoms with Gasteiger partial charge in [-0.25, -0.2) is 4.98 Å². The van der Waals surface area contributed by atoms with Crippen molar-refractivity contribution in [3.63, 3.8) is 0 Å². The third-order valence-electron chi connectivity index (χ3n) is 4.82. The maximum atomic E-state index is 12.3. The van der Waals surface area contributed by atoms with Crippen LogP contribution in [-0.2, 0) is 0 Å². The highest BCUT2D eigenvalue weighted by molar-refractivity contribution is 9.10. The van der Waals surface area contributed by atoms with Crippen LogP contribution in [-0.4, -0.2) is 53.5 Å². The Hall–Kier alpha value is -0.720. The van der Waals surface area contributed by atoms with Crippen LogP contribution in [0.3, 0.4) is 0 Å². The lowest BCUT2D eigenvalue weighted by Gasteiger charge is -2.37. The normalized spacial score (nSPS) is 25.6. The van der Waals surface area contributed by atoms with E-state index in [-0.39, 0.29) is 11.6 Å². The summed E-state index contributed by atoms with van der Waals surface area (Å²) in [5, 5.41) is 0. The van der Waals surface area contributed by atoms with Crippen LogP contribution >= 0.6 is 15.9 Å². The first-order valence-corrected chi connectivity index (χ1v) is 8.54. The molecular formula is C15H23BrN4O. The van der Waals surface area contributed by atoms with Crippen molar-refractivity contribution in [3.05, 3.63) is 26.3 Å². The molecule has 0 spiro atoms. The fourth-order valence-electron chi connectivity index (χ4n) is 3.43. The van der Waals surface area contributed by atoms with Gasteiger partial charge in [0.25, 0.3) is 5.56 Å². The van der Waals surface area contributed by atoms with E-state index in [9.17, 15) is 4.79 Å². The monoisotopic (exact) mass is 354 g/mol. The van der Waals surface area contributed by atoms with E-state index in [1.165, 1.54) is 12.8 Å². The minimum absolute atomic E-state index is 0.0384. The molecule has 0 radical (unpaired) electrons. The van der Waals surface area contributed by atoms with Gasteiger partial charge in [-0.15, -0.1) is 0 Å². The Bertz CT molecular complexity index is 567. The van der Waals surface area contributed by atoms with Gasteiger partial charge in [0.2, 0.25) is 0 Å². The molecule has 3 rings (SSSR count). The number of H-pyrrole nitrogens is 1. The van der Waals surface area contributed by atoms with Crippen molar-refractivity contribution in [2.45, 2.75) is 37.6 Å². The second kappa shape index (κ2) is 6.18. The molecule has 1 aromatic rings. The van der Waals surface area contributed by atoms with Crippen LogP contribution in [0.1, 0.15) is 49.2 Å². The second-order valence-electron chi connectivity index (χ2n) is 6.39. The van der Waals surface area contributed by atoms with Crippen LogP contribution in [0.5, 0.6) is 0 Å². The first kappa shape index (κ1) is 15.2. The van der Waals surface area contributed by atoms with Gasteiger partial charge in [-0.2, -0.15) is 0 Å². The summed E-state index contributed by atoms with van der Waals surface area (Å²) < 4.78 is 0.630. The SMILES string of the molecule is CN1CCN(C)C(c2nc(C3CCCC3)c(Br)c(=O)[nH]2)C1. The Morgan fingerprint density at radius 3 is 2.67 bits per heavy atom. The number of likely N-dealkylation sites (N-methyl/N-ethyl adjacent to an activating group) is 2. The molecule has 0 bridgehead atoms. The number of rotatable bonds is 2. The third kappa shape index (κ3) is 3.07. The van der Waals surface area contributed by atoms with Crippen LogP contribution < -0.4 is 5.56 Å². The van der Waals surface area contributed by atoms with Crippen molar-refractivity contribution in [2.75, 3.05) is 33.7 Å². The number of halogens is 1. The first-order valence-electron chi connectivity index (χ1n) is 7.74. The summed E-state index contributed by atoms with van der Waals surface area (Å²) in [6.07, 6.45) is 4.78. The largest absolute Gasteiger partial charge is 0.308 e. The van der Waals surface area contributed by atoms with E-state index in [1.807, 2.05) is 0 Å². The molecule has 1 unspecified atom stereocenters. The van der Waals surface area contributed by atoms with Crippen molar-refractivity contribution in [1.29, 1.82) is 0 Å². The molecule has 1 atom stereocenters. The Labute approximate surface area is 133 Å². The zero-order chi connectivity index (χ0) is 15.0. The first-order chi connectivity index (χ1) is 10.1. The Morgan fingerprint density at radius 1 is 1.24 bits per heavy atom. The predicted molar refractivity (Wildman–Crippen MR) is 86.6 cm³/mol. The van der Waals surface area contributed by atoms with Crippen LogP contribution in [0.4, 0.5) is 0 Å². The molecule has 1 aromatic heterocycles. The second-order valence-corrected chi connectivity index (χ2v) is 7.18. The number of aromatic amines is 1. The zero-order valence-electron chi connectivity index (χ0n) is 12.7. The lowest BCUT2D eigenvalue weighted by Crippen LogP contribution is -2.46. The van der Waals surface area contributed by atoms with Gasteiger partial charge in [-0.05, 0) is 42.9 Å². The molecule has 2 fully saturated rings. The van der Waals surface area contributed by atoms with Crippen molar-refractivity contribution >= 4 is 15.9 Å². The van der Waals surface area contributed by atoms with E-state index in [0.717, 1.165) is 44.0 Å². The summed E-state index contributed by atoms with van der Waals surface area (Å²) in [5.41, 5.74) is 0.927. The summed E-state index contributed by atoms with van der Waals surface area (Å²) in [5.74, 6) is 1.26. The molecule has 116 valence electrons. The quantitative estimate of drug-likeness (QED) is 0.883. The Morgan fingerprint density at radius 2 is 1.95 bits per heavy atom. The van der Waals surface area contributed by atoms with E-state index in [0.29, 0.717) is 10.4 Å². The number of nitrogens with one attached hydrogen (secondary N) is 1. The Kier molecular flexibility index (Phi) is 4.47. The molecule has 0 aromatic carbocycles.